The molecule has 2 N–H and O–H groups in total. The number of ether oxygens (including phenoxy) is 2. The number of hydrogen-bond acceptors (Lipinski definition) is 4. The fraction of sp³-hybridized carbons (Fsp3) is 0.533. The lowest BCUT2D eigenvalue weighted by atomic mass is 10.1. The first kappa shape index (κ1) is 17.8. The van der Waals surface area contributed by atoms with E-state index in [1.54, 1.807) is 12.0 Å². The standard InChI is InChI=1S/C15H22N2O3.ClH/c1-3-17(11-5-4-6-12(9-11)19-2)15(18)14-8-7-13(10-16)20-14;/h4-6,9,13-14H,3,7-8,10,16H2,1-2H3;1H/t13-,14+;/m1./s1. The molecular weight excluding hydrogens is 292 g/mol. The summed E-state index contributed by atoms with van der Waals surface area (Å²) in [6, 6.07) is 7.50. The first-order valence-corrected chi connectivity index (χ1v) is 7.00. The van der Waals surface area contributed by atoms with Crippen LogP contribution in [0.25, 0.3) is 0 Å². The summed E-state index contributed by atoms with van der Waals surface area (Å²) < 4.78 is 10.9. The molecule has 0 radical (unpaired) electrons. The average molecular weight is 315 g/mol. The fourth-order valence-corrected chi connectivity index (χ4v) is 2.48. The number of hydrogen-bond donors (Lipinski definition) is 1. The Kier molecular flexibility index (Phi) is 6.95. The van der Waals surface area contributed by atoms with Gasteiger partial charge in [0.15, 0.2) is 0 Å². The van der Waals surface area contributed by atoms with E-state index >= 15 is 0 Å². The maximum atomic E-state index is 12.6. The minimum Gasteiger partial charge on any atom is -0.497 e. The third-order valence-electron chi connectivity index (χ3n) is 3.59. The summed E-state index contributed by atoms with van der Waals surface area (Å²) in [7, 11) is 1.61. The van der Waals surface area contributed by atoms with Crippen LogP contribution in [0.5, 0.6) is 5.75 Å². The Labute approximate surface area is 131 Å². The van der Waals surface area contributed by atoms with Crippen LogP contribution in [0, 0.1) is 0 Å². The summed E-state index contributed by atoms with van der Waals surface area (Å²) in [6.45, 7) is 3.01. The van der Waals surface area contributed by atoms with E-state index in [-0.39, 0.29) is 30.5 Å². The second-order valence-corrected chi connectivity index (χ2v) is 4.84. The smallest absolute Gasteiger partial charge is 0.256 e. The molecule has 0 bridgehead atoms. The van der Waals surface area contributed by atoms with E-state index in [9.17, 15) is 4.79 Å². The number of nitrogens with two attached hydrogens (primary N) is 1. The van der Waals surface area contributed by atoms with Gasteiger partial charge >= 0.3 is 0 Å². The molecule has 1 aliphatic heterocycles. The molecule has 0 aromatic heterocycles. The van der Waals surface area contributed by atoms with Crippen molar-refractivity contribution in [3.63, 3.8) is 0 Å². The molecule has 1 aliphatic rings. The minimum absolute atomic E-state index is 0. The van der Waals surface area contributed by atoms with Gasteiger partial charge in [-0.15, -0.1) is 12.4 Å². The summed E-state index contributed by atoms with van der Waals surface area (Å²) in [4.78, 5) is 14.3. The molecule has 1 fully saturated rings. The quantitative estimate of drug-likeness (QED) is 0.902. The summed E-state index contributed by atoms with van der Waals surface area (Å²) >= 11 is 0. The van der Waals surface area contributed by atoms with Crippen LogP contribution in [0.2, 0.25) is 0 Å². The van der Waals surface area contributed by atoms with Crippen molar-refractivity contribution in [2.24, 2.45) is 5.73 Å². The van der Waals surface area contributed by atoms with Gasteiger partial charge in [0.05, 0.1) is 13.2 Å². The number of benzene rings is 1. The lowest BCUT2D eigenvalue weighted by Gasteiger charge is -2.24. The second kappa shape index (κ2) is 8.22. The lowest BCUT2D eigenvalue weighted by Crippen LogP contribution is -2.39. The largest absolute Gasteiger partial charge is 0.497 e. The van der Waals surface area contributed by atoms with Crippen molar-refractivity contribution in [2.45, 2.75) is 32.0 Å². The van der Waals surface area contributed by atoms with Crippen LogP contribution < -0.4 is 15.4 Å². The van der Waals surface area contributed by atoms with E-state index in [0.717, 1.165) is 24.3 Å². The second-order valence-electron chi connectivity index (χ2n) is 4.84. The van der Waals surface area contributed by atoms with Crippen molar-refractivity contribution in [3.8, 4) is 5.75 Å². The highest BCUT2D eigenvalue weighted by molar-refractivity contribution is 5.96. The van der Waals surface area contributed by atoms with Gasteiger partial charge in [-0.2, -0.15) is 0 Å². The molecule has 0 spiro atoms. The third kappa shape index (κ3) is 4.09. The van der Waals surface area contributed by atoms with Crippen LogP contribution in [0.4, 0.5) is 5.69 Å². The number of nitrogens with zero attached hydrogens (tertiary/aromatic N) is 1. The van der Waals surface area contributed by atoms with E-state index in [4.69, 9.17) is 15.2 Å². The lowest BCUT2D eigenvalue weighted by molar-refractivity contribution is -0.129. The maximum Gasteiger partial charge on any atom is 0.256 e. The molecule has 0 unspecified atom stereocenters. The number of halogens is 1. The molecule has 1 aromatic rings. The molecule has 0 saturated carbocycles. The van der Waals surface area contributed by atoms with E-state index in [0.29, 0.717) is 13.1 Å². The van der Waals surface area contributed by atoms with Gasteiger partial charge in [-0.25, -0.2) is 0 Å². The Bertz CT molecular complexity index is 470. The molecule has 21 heavy (non-hydrogen) atoms. The van der Waals surface area contributed by atoms with E-state index in [1.807, 2.05) is 31.2 Å². The van der Waals surface area contributed by atoms with Gasteiger partial charge in [-0.05, 0) is 31.9 Å². The van der Waals surface area contributed by atoms with Crippen LogP contribution in [0.15, 0.2) is 24.3 Å². The Morgan fingerprint density at radius 1 is 1.48 bits per heavy atom. The van der Waals surface area contributed by atoms with Gasteiger partial charge in [0.2, 0.25) is 0 Å². The Balaban J connectivity index is 0.00000220. The van der Waals surface area contributed by atoms with Crippen LogP contribution in [0.3, 0.4) is 0 Å². The van der Waals surface area contributed by atoms with Crippen molar-refractivity contribution >= 4 is 24.0 Å². The minimum atomic E-state index is -0.380. The molecule has 5 nitrogen and oxygen atoms in total. The first-order valence-electron chi connectivity index (χ1n) is 7.00. The highest BCUT2D eigenvalue weighted by Crippen LogP contribution is 2.25. The predicted molar refractivity (Wildman–Crippen MR) is 85.2 cm³/mol. The van der Waals surface area contributed by atoms with Crippen molar-refractivity contribution in [2.75, 3.05) is 25.1 Å². The molecule has 2 atom stereocenters. The van der Waals surface area contributed by atoms with E-state index in [2.05, 4.69) is 0 Å². The van der Waals surface area contributed by atoms with Crippen molar-refractivity contribution in [1.29, 1.82) is 0 Å². The van der Waals surface area contributed by atoms with Gasteiger partial charge in [-0.1, -0.05) is 6.07 Å². The topological polar surface area (TPSA) is 64.8 Å². The number of likely N-dealkylation sites (N-methyl/N-ethyl adjacent to an activating group) is 1. The monoisotopic (exact) mass is 314 g/mol. The first-order chi connectivity index (χ1) is 9.69. The van der Waals surface area contributed by atoms with Crippen LogP contribution >= 0.6 is 12.4 Å². The van der Waals surface area contributed by atoms with E-state index in [1.165, 1.54) is 0 Å². The molecule has 1 saturated heterocycles. The Morgan fingerprint density at radius 2 is 2.24 bits per heavy atom. The van der Waals surface area contributed by atoms with Crippen molar-refractivity contribution in [1.82, 2.24) is 0 Å². The number of anilines is 1. The number of carbonyl (C=O) groups excluding carboxylic acids is 1. The van der Waals surface area contributed by atoms with Gasteiger partial charge in [0.1, 0.15) is 11.9 Å². The molecule has 1 aromatic carbocycles. The summed E-state index contributed by atoms with van der Waals surface area (Å²) in [5.74, 6) is 0.734. The number of methoxy groups -OCH3 is 1. The van der Waals surface area contributed by atoms with Crippen LogP contribution in [-0.2, 0) is 9.53 Å². The van der Waals surface area contributed by atoms with Gasteiger partial charge in [0, 0.05) is 24.8 Å². The number of amides is 1. The van der Waals surface area contributed by atoms with Crippen LogP contribution in [-0.4, -0.2) is 38.3 Å². The third-order valence-corrected chi connectivity index (χ3v) is 3.59. The molecule has 1 amide bonds. The average Bonchev–Trinajstić information content (AvgIpc) is 2.97. The van der Waals surface area contributed by atoms with Crippen molar-refractivity contribution < 1.29 is 14.3 Å². The fourth-order valence-electron chi connectivity index (χ4n) is 2.48. The highest BCUT2D eigenvalue weighted by atomic mass is 35.5. The Morgan fingerprint density at radius 3 is 2.81 bits per heavy atom. The van der Waals surface area contributed by atoms with Gasteiger partial charge in [-0.3, -0.25) is 4.79 Å². The number of rotatable bonds is 5. The number of carbonyl (C=O) groups is 1. The van der Waals surface area contributed by atoms with Crippen molar-refractivity contribution in [3.05, 3.63) is 24.3 Å². The van der Waals surface area contributed by atoms with Crippen LogP contribution in [0.1, 0.15) is 19.8 Å². The van der Waals surface area contributed by atoms with Gasteiger partial charge in [0.25, 0.3) is 5.91 Å². The zero-order valence-corrected chi connectivity index (χ0v) is 13.3. The zero-order chi connectivity index (χ0) is 14.5. The molecule has 118 valence electrons. The molecule has 2 rings (SSSR count). The van der Waals surface area contributed by atoms with E-state index < -0.39 is 0 Å². The normalized spacial score (nSPS) is 20.7. The summed E-state index contributed by atoms with van der Waals surface area (Å²) in [5.41, 5.74) is 6.42. The SMILES string of the molecule is CCN(C(=O)[C@@H]1CC[C@H](CN)O1)c1cccc(OC)c1.Cl. The van der Waals surface area contributed by atoms with Gasteiger partial charge < -0.3 is 20.1 Å². The predicted octanol–water partition coefficient (Wildman–Crippen LogP) is 1.98. The molecule has 0 aliphatic carbocycles. The zero-order valence-electron chi connectivity index (χ0n) is 12.5. The summed E-state index contributed by atoms with van der Waals surface area (Å²) in [6.07, 6.45) is 1.21. The maximum absolute atomic E-state index is 12.6. The highest BCUT2D eigenvalue weighted by Gasteiger charge is 2.33. The molecule has 6 heteroatoms. The summed E-state index contributed by atoms with van der Waals surface area (Å²) in [5, 5.41) is 0. The molecule has 1 heterocycles. The molecular formula is C15H23ClN2O3. The Hall–Kier alpha value is -1.30.